The Morgan fingerprint density at radius 1 is 1.32 bits per heavy atom. The summed E-state index contributed by atoms with van der Waals surface area (Å²) in [6.07, 6.45) is 2.88. The number of benzene rings is 1. The Kier molecular flexibility index (Phi) is 7.35. The lowest BCUT2D eigenvalue weighted by atomic mass is 9.98. The number of nitrogens with two attached hydrogens (primary N) is 1. The average molecular weight is 326 g/mol. The first-order chi connectivity index (χ1) is 10.1. The van der Waals surface area contributed by atoms with Crippen LogP contribution in [-0.2, 0) is 9.59 Å². The van der Waals surface area contributed by atoms with Crippen molar-refractivity contribution in [3.05, 3.63) is 35.9 Å². The van der Waals surface area contributed by atoms with Gasteiger partial charge in [0.1, 0.15) is 6.04 Å². The third-order valence-electron chi connectivity index (χ3n) is 3.99. The number of nitrogens with zero attached hydrogens (tertiary/aromatic N) is 1. The molecule has 0 bridgehead atoms. The number of carbonyl (C=O) groups excluding carboxylic acids is 2. The van der Waals surface area contributed by atoms with Crippen molar-refractivity contribution in [2.24, 2.45) is 5.73 Å². The van der Waals surface area contributed by atoms with Gasteiger partial charge in [-0.25, -0.2) is 0 Å². The van der Waals surface area contributed by atoms with Crippen LogP contribution in [0, 0.1) is 0 Å². The molecule has 1 aliphatic heterocycles. The van der Waals surface area contributed by atoms with E-state index in [2.05, 4.69) is 5.32 Å². The van der Waals surface area contributed by atoms with Crippen molar-refractivity contribution >= 4 is 24.2 Å². The molecular weight excluding hydrogens is 302 g/mol. The molecule has 1 heterocycles. The first-order valence-electron chi connectivity index (χ1n) is 7.45. The van der Waals surface area contributed by atoms with Crippen LogP contribution in [0.2, 0.25) is 0 Å². The van der Waals surface area contributed by atoms with Crippen LogP contribution in [0.25, 0.3) is 0 Å². The molecule has 0 saturated carbocycles. The predicted octanol–water partition coefficient (Wildman–Crippen LogP) is 1.63. The SMILES string of the molecule is CNC(=O)C1CCCCN1C(=O)CC(N)c1ccccc1.Cl. The van der Waals surface area contributed by atoms with Gasteiger partial charge in [0.25, 0.3) is 0 Å². The normalized spacial score (nSPS) is 19.0. The van der Waals surface area contributed by atoms with E-state index in [0.29, 0.717) is 6.54 Å². The molecule has 1 aromatic rings. The van der Waals surface area contributed by atoms with E-state index in [4.69, 9.17) is 5.73 Å². The van der Waals surface area contributed by atoms with Crippen LogP contribution in [0.1, 0.15) is 37.3 Å². The highest BCUT2D eigenvalue weighted by Gasteiger charge is 2.32. The summed E-state index contributed by atoms with van der Waals surface area (Å²) in [6.45, 7) is 0.637. The Balaban J connectivity index is 0.00000242. The summed E-state index contributed by atoms with van der Waals surface area (Å²) in [5.41, 5.74) is 7.05. The van der Waals surface area contributed by atoms with Gasteiger partial charge in [-0.1, -0.05) is 30.3 Å². The summed E-state index contributed by atoms with van der Waals surface area (Å²) >= 11 is 0. The van der Waals surface area contributed by atoms with Gasteiger partial charge in [0.2, 0.25) is 11.8 Å². The van der Waals surface area contributed by atoms with Gasteiger partial charge in [-0.15, -0.1) is 12.4 Å². The van der Waals surface area contributed by atoms with Crippen molar-refractivity contribution in [1.29, 1.82) is 0 Å². The molecule has 0 spiro atoms. The fraction of sp³-hybridized carbons (Fsp3) is 0.500. The Labute approximate surface area is 137 Å². The Morgan fingerprint density at radius 2 is 2.00 bits per heavy atom. The number of piperidine rings is 1. The summed E-state index contributed by atoms with van der Waals surface area (Å²) in [7, 11) is 1.61. The molecule has 2 amide bonds. The van der Waals surface area contributed by atoms with Crippen LogP contribution < -0.4 is 11.1 Å². The average Bonchev–Trinajstić information content (AvgIpc) is 2.54. The second-order valence-electron chi connectivity index (χ2n) is 5.43. The quantitative estimate of drug-likeness (QED) is 0.883. The number of nitrogens with one attached hydrogen (secondary N) is 1. The number of hydrogen-bond donors (Lipinski definition) is 2. The van der Waals surface area contributed by atoms with E-state index in [1.54, 1.807) is 11.9 Å². The number of likely N-dealkylation sites (N-methyl/N-ethyl adjacent to an activating group) is 1. The highest BCUT2D eigenvalue weighted by Crippen LogP contribution is 2.21. The van der Waals surface area contributed by atoms with Crippen LogP contribution in [0.4, 0.5) is 0 Å². The van der Waals surface area contributed by atoms with Crippen LogP contribution in [0.3, 0.4) is 0 Å². The molecule has 2 rings (SSSR count). The van der Waals surface area contributed by atoms with E-state index >= 15 is 0 Å². The minimum Gasteiger partial charge on any atom is -0.357 e. The molecule has 3 N–H and O–H groups in total. The molecule has 6 heteroatoms. The molecule has 2 unspecified atom stereocenters. The zero-order valence-corrected chi connectivity index (χ0v) is 13.6. The minimum absolute atomic E-state index is 0. The molecular formula is C16H24ClN3O2. The molecule has 1 aliphatic rings. The Morgan fingerprint density at radius 3 is 2.64 bits per heavy atom. The smallest absolute Gasteiger partial charge is 0.242 e. The topological polar surface area (TPSA) is 75.4 Å². The van der Waals surface area contributed by atoms with Crippen molar-refractivity contribution in [3.8, 4) is 0 Å². The van der Waals surface area contributed by atoms with Gasteiger partial charge in [0.05, 0.1) is 0 Å². The van der Waals surface area contributed by atoms with Gasteiger partial charge in [0, 0.05) is 26.1 Å². The third kappa shape index (κ3) is 4.45. The van der Waals surface area contributed by atoms with E-state index in [1.807, 2.05) is 30.3 Å². The lowest BCUT2D eigenvalue weighted by Crippen LogP contribution is -2.51. The second kappa shape index (κ2) is 8.76. The predicted molar refractivity (Wildman–Crippen MR) is 88.7 cm³/mol. The summed E-state index contributed by atoms with van der Waals surface area (Å²) in [6, 6.07) is 8.91. The second-order valence-corrected chi connectivity index (χ2v) is 5.43. The molecule has 22 heavy (non-hydrogen) atoms. The van der Waals surface area contributed by atoms with Crippen molar-refractivity contribution < 1.29 is 9.59 Å². The van der Waals surface area contributed by atoms with Crippen LogP contribution >= 0.6 is 12.4 Å². The van der Waals surface area contributed by atoms with E-state index in [0.717, 1.165) is 24.8 Å². The number of amides is 2. The standard InChI is InChI=1S/C16H23N3O2.ClH/c1-18-16(21)14-9-5-6-10-19(14)15(20)11-13(17)12-7-3-2-4-8-12;/h2-4,7-8,13-14H,5-6,9-11,17H2,1H3,(H,18,21);1H. The van der Waals surface area contributed by atoms with E-state index in [9.17, 15) is 9.59 Å². The number of rotatable bonds is 4. The van der Waals surface area contributed by atoms with Gasteiger partial charge in [0.15, 0.2) is 0 Å². The van der Waals surface area contributed by atoms with Gasteiger partial charge in [-0.3, -0.25) is 9.59 Å². The summed E-state index contributed by atoms with van der Waals surface area (Å²) < 4.78 is 0. The lowest BCUT2D eigenvalue weighted by molar-refractivity contribution is -0.142. The molecule has 2 atom stereocenters. The lowest BCUT2D eigenvalue weighted by Gasteiger charge is -2.35. The van der Waals surface area contributed by atoms with Crippen molar-refractivity contribution in [2.45, 2.75) is 37.8 Å². The summed E-state index contributed by atoms with van der Waals surface area (Å²) in [5, 5.41) is 2.64. The molecule has 1 fully saturated rings. The maximum absolute atomic E-state index is 12.5. The van der Waals surface area contributed by atoms with Gasteiger partial charge >= 0.3 is 0 Å². The third-order valence-corrected chi connectivity index (χ3v) is 3.99. The Hall–Kier alpha value is -1.59. The first kappa shape index (κ1) is 18.5. The largest absolute Gasteiger partial charge is 0.357 e. The molecule has 0 aliphatic carbocycles. The fourth-order valence-corrected chi connectivity index (χ4v) is 2.79. The van der Waals surface area contributed by atoms with Crippen molar-refractivity contribution in [2.75, 3.05) is 13.6 Å². The van der Waals surface area contributed by atoms with E-state index in [1.165, 1.54) is 0 Å². The summed E-state index contributed by atoms with van der Waals surface area (Å²) in [5.74, 6) is -0.129. The maximum atomic E-state index is 12.5. The minimum atomic E-state index is -0.348. The zero-order chi connectivity index (χ0) is 15.2. The highest BCUT2D eigenvalue weighted by atomic mass is 35.5. The zero-order valence-electron chi connectivity index (χ0n) is 12.8. The van der Waals surface area contributed by atoms with Crippen LogP contribution in [0.5, 0.6) is 0 Å². The number of carbonyl (C=O) groups is 2. The monoisotopic (exact) mass is 325 g/mol. The number of halogens is 1. The van der Waals surface area contributed by atoms with E-state index in [-0.39, 0.29) is 42.7 Å². The highest BCUT2D eigenvalue weighted by molar-refractivity contribution is 5.88. The molecule has 122 valence electrons. The Bertz CT molecular complexity index is 495. The van der Waals surface area contributed by atoms with Crippen molar-refractivity contribution in [3.63, 3.8) is 0 Å². The molecule has 1 aromatic carbocycles. The molecule has 1 saturated heterocycles. The van der Waals surface area contributed by atoms with Gasteiger partial charge in [-0.05, 0) is 24.8 Å². The first-order valence-corrected chi connectivity index (χ1v) is 7.45. The van der Waals surface area contributed by atoms with E-state index < -0.39 is 0 Å². The number of hydrogen-bond acceptors (Lipinski definition) is 3. The number of likely N-dealkylation sites (tertiary alicyclic amines) is 1. The van der Waals surface area contributed by atoms with Gasteiger partial charge < -0.3 is 16.0 Å². The molecule has 0 radical (unpaired) electrons. The molecule has 0 aromatic heterocycles. The van der Waals surface area contributed by atoms with Gasteiger partial charge in [-0.2, -0.15) is 0 Å². The van der Waals surface area contributed by atoms with Crippen LogP contribution in [-0.4, -0.2) is 36.3 Å². The van der Waals surface area contributed by atoms with Crippen molar-refractivity contribution in [1.82, 2.24) is 10.2 Å². The molecule has 5 nitrogen and oxygen atoms in total. The van der Waals surface area contributed by atoms with Crippen LogP contribution in [0.15, 0.2) is 30.3 Å². The fourth-order valence-electron chi connectivity index (χ4n) is 2.79. The summed E-state index contributed by atoms with van der Waals surface area (Å²) in [4.78, 5) is 26.1. The maximum Gasteiger partial charge on any atom is 0.242 e.